The largest absolute Gasteiger partial charge is 0.507 e. The van der Waals surface area contributed by atoms with Crippen LogP contribution in [0, 0.1) is 6.92 Å². The van der Waals surface area contributed by atoms with E-state index < -0.39 is 12.0 Å². The quantitative estimate of drug-likeness (QED) is 0.755. The van der Waals surface area contributed by atoms with Crippen molar-refractivity contribution in [1.82, 2.24) is 5.32 Å². The third kappa shape index (κ3) is 4.17. The highest BCUT2D eigenvalue weighted by Gasteiger charge is 2.15. The fourth-order valence-corrected chi connectivity index (χ4v) is 2.26. The average Bonchev–Trinajstić information content (AvgIpc) is 2.60. The summed E-state index contributed by atoms with van der Waals surface area (Å²) in [7, 11) is 3.04. The number of carbonyl (C=O) groups excluding carboxylic acids is 1. The second-order valence-electron chi connectivity index (χ2n) is 5.39. The molecule has 0 bridgehead atoms. The molecule has 1 unspecified atom stereocenters. The van der Waals surface area contributed by atoms with Crippen LogP contribution in [0.5, 0.6) is 17.2 Å². The molecule has 0 aromatic heterocycles. The number of methoxy groups -OCH3 is 2. The number of benzene rings is 2. The van der Waals surface area contributed by atoms with Crippen LogP contribution < -0.4 is 14.8 Å². The normalized spacial score (nSPS) is 11.7. The summed E-state index contributed by atoms with van der Waals surface area (Å²) >= 11 is 0. The highest BCUT2D eigenvalue weighted by Crippen LogP contribution is 2.26. The van der Waals surface area contributed by atoms with Crippen molar-refractivity contribution in [3.8, 4) is 17.2 Å². The van der Waals surface area contributed by atoms with Crippen LogP contribution in [0.3, 0.4) is 0 Å². The van der Waals surface area contributed by atoms with Gasteiger partial charge in [0.2, 0.25) is 0 Å². The summed E-state index contributed by atoms with van der Waals surface area (Å²) in [6.07, 6.45) is -0.940. The molecule has 24 heavy (non-hydrogen) atoms. The number of phenols is 1. The molecule has 6 heteroatoms. The van der Waals surface area contributed by atoms with Crippen LogP contribution in [-0.2, 0) is 0 Å². The second kappa shape index (κ2) is 7.70. The minimum absolute atomic E-state index is 0.0114. The SMILES string of the molecule is COc1cc(OC)cc(C(O)CNC(=O)c2cc(C)ccc2O)c1. The van der Waals surface area contributed by atoms with Gasteiger partial charge in [-0.15, -0.1) is 0 Å². The maximum absolute atomic E-state index is 12.2. The fourth-order valence-electron chi connectivity index (χ4n) is 2.26. The molecule has 0 saturated carbocycles. The number of nitrogens with one attached hydrogen (secondary N) is 1. The molecule has 0 aliphatic carbocycles. The van der Waals surface area contributed by atoms with E-state index >= 15 is 0 Å². The minimum atomic E-state index is -0.940. The van der Waals surface area contributed by atoms with Crippen LogP contribution in [0.25, 0.3) is 0 Å². The van der Waals surface area contributed by atoms with E-state index in [1.807, 2.05) is 6.92 Å². The monoisotopic (exact) mass is 331 g/mol. The first-order valence-corrected chi connectivity index (χ1v) is 7.43. The van der Waals surface area contributed by atoms with Gasteiger partial charge in [-0.25, -0.2) is 0 Å². The third-order valence-corrected chi connectivity index (χ3v) is 3.61. The maximum Gasteiger partial charge on any atom is 0.255 e. The molecule has 2 aromatic carbocycles. The van der Waals surface area contributed by atoms with E-state index in [1.54, 1.807) is 30.3 Å². The number of aliphatic hydroxyl groups excluding tert-OH is 1. The van der Waals surface area contributed by atoms with Crippen molar-refractivity contribution in [3.63, 3.8) is 0 Å². The van der Waals surface area contributed by atoms with Crippen molar-refractivity contribution in [2.75, 3.05) is 20.8 Å². The number of aryl methyl sites for hydroxylation is 1. The van der Waals surface area contributed by atoms with E-state index in [2.05, 4.69) is 5.32 Å². The van der Waals surface area contributed by atoms with Gasteiger partial charge in [0.05, 0.1) is 25.9 Å². The Labute approximate surface area is 140 Å². The summed E-state index contributed by atoms with van der Waals surface area (Å²) in [5.41, 5.74) is 1.58. The Bertz CT molecular complexity index is 707. The highest BCUT2D eigenvalue weighted by molar-refractivity contribution is 5.97. The number of hydrogen-bond acceptors (Lipinski definition) is 5. The van der Waals surface area contributed by atoms with Crippen molar-refractivity contribution in [2.45, 2.75) is 13.0 Å². The lowest BCUT2D eigenvalue weighted by Gasteiger charge is -2.15. The van der Waals surface area contributed by atoms with Gasteiger partial charge >= 0.3 is 0 Å². The zero-order valence-electron chi connectivity index (χ0n) is 13.9. The number of carbonyl (C=O) groups is 1. The van der Waals surface area contributed by atoms with Crippen LogP contribution in [0.15, 0.2) is 36.4 Å². The predicted molar refractivity (Wildman–Crippen MR) is 89.7 cm³/mol. The molecule has 1 amide bonds. The number of rotatable bonds is 6. The lowest BCUT2D eigenvalue weighted by Crippen LogP contribution is -2.28. The molecule has 0 spiro atoms. The zero-order chi connectivity index (χ0) is 17.7. The number of aromatic hydroxyl groups is 1. The lowest BCUT2D eigenvalue weighted by atomic mass is 10.1. The molecule has 0 aliphatic heterocycles. The molecule has 0 aliphatic rings. The summed E-state index contributed by atoms with van der Waals surface area (Å²) in [5.74, 6) is 0.540. The number of phenolic OH excluding ortho intramolecular Hbond substituents is 1. The van der Waals surface area contributed by atoms with Crippen LogP contribution in [0.2, 0.25) is 0 Å². The average molecular weight is 331 g/mol. The van der Waals surface area contributed by atoms with Crippen LogP contribution in [0.4, 0.5) is 0 Å². The van der Waals surface area contributed by atoms with Crippen LogP contribution >= 0.6 is 0 Å². The maximum atomic E-state index is 12.2. The van der Waals surface area contributed by atoms with E-state index in [9.17, 15) is 15.0 Å². The topological polar surface area (TPSA) is 88.0 Å². The smallest absolute Gasteiger partial charge is 0.255 e. The van der Waals surface area contributed by atoms with Gasteiger partial charge in [0.1, 0.15) is 17.2 Å². The van der Waals surface area contributed by atoms with Gasteiger partial charge in [-0.3, -0.25) is 4.79 Å². The first kappa shape index (κ1) is 17.6. The summed E-state index contributed by atoms with van der Waals surface area (Å²) in [6, 6.07) is 9.80. The summed E-state index contributed by atoms with van der Waals surface area (Å²) in [6.45, 7) is 1.82. The third-order valence-electron chi connectivity index (χ3n) is 3.61. The summed E-state index contributed by atoms with van der Waals surface area (Å²) in [5, 5.41) is 22.7. The molecule has 6 nitrogen and oxygen atoms in total. The Morgan fingerprint density at radius 2 is 1.75 bits per heavy atom. The zero-order valence-corrected chi connectivity index (χ0v) is 13.9. The molecule has 0 heterocycles. The number of amides is 1. The lowest BCUT2D eigenvalue weighted by molar-refractivity contribution is 0.0913. The highest BCUT2D eigenvalue weighted by atomic mass is 16.5. The van der Waals surface area contributed by atoms with Crippen LogP contribution in [-0.4, -0.2) is 36.9 Å². The standard InChI is InChI=1S/C18H21NO5/c1-11-4-5-16(20)15(6-11)18(22)19-10-17(21)12-7-13(23-2)9-14(8-12)24-3/h4-9,17,20-21H,10H2,1-3H3,(H,19,22). The Balaban J connectivity index is 2.08. The van der Waals surface area contributed by atoms with Gasteiger partial charge in [-0.2, -0.15) is 0 Å². The molecule has 128 valence electrons. The number of ether oxygens (including phenoxy) is 2. The van der Waals surface area contributed by atoms with Gasteiger partial charge in [0, 0.05) is 12.6 Å². The number of aliphatic hydroxyl groups is 1. The van der Waals surface area contributed by atoms with Gasteiger partial charge in [0.15, 0.2) is 0 Å². The fraction of sp³-hybridized carbons (Fsp3) is 0.278. The van der Waals surface area contributed by atoms with Crippen molar-refractivity contribution < 1.29 is 24.5 Å². The number of hydrogen-bond donors (Lipinski definition) is 3. The van der Waals surface area contributed by atoms with Gasteiger partial charge < -0.3 is 25.0 Å². The Hall–Kier alpha value is -2.73. The van der Waals surface area contributed by atoms with Crippen molar-refractivity contribution >= 4 is 5.91 Å². The van der Waals surface area contributed by atoms with Crippen molar-refractivity contribution in [2.24, 2.45) is 0 Å². The molecular weight excluding hydrogens is 310 g/mol. The first-order valence-electron chi connectivity index (χ1n) is 7.43. The molecule has 0 saturated heterocycles. The Morgan fingerprint density at radius 1 is 1.12 bits per heavy atom. The van der Waals surface area contributed by atoms with E-state index in [0.717, 1.165) is 5.56 Å². The van der Waals surface area contributed by atoms with Gasteiger partial charge in [-0.1, -0.05) is 11.6 Å². The van der Waals surface area contributed by atoms with Crippen molar-refractivity contribution in [1.29, 1.82) is 0 Å². The van der Waals surface area contributed by atoms with Gasteiger partial charge in [-0.05, 0) is 36.8 Å². The van der Waals surface area contributed by atoms with Gasteiger partial charge in [0.25, 0.3) is 5.91 Å². The minimum Gasteiger partial charge on any atom is -0.507 e. The predicted octanol–water partition coefficient (Wildman–Crippen LogP) is 2.18. The molecule has 0 fully saturated rings. The molecule has 1 atom stereocenters. The summed E-state index contributed by atoms with van der Waals surface area (Å²) in [4.78, 5) is 12.2. The molecule has 0 radical (unpaired) electrons. The van der Waals surface area contributed by atoms with Crippen LogP contribution in [0.1, 0.15) is 27.6 Å². The first-order chi connectivity index (χ1) is 11.4. The Morgan fingerprint density at radius 3 is 2.33 bits per heavy atom. The van der Waals surface area contributed by atoms with E-state index in [-0.39, 0.29) is 17.9 Å². The molecular formula is C18H21NO5. The van der Waals surface area contributed by atoms with Crippen molar-refractivity contribution in [3.05, 3.63) is 53.1 Å². The molecule has 3 N–H and O–H groups in total. The van der Waals surface area contributed by atoms with E-state index in [1.165, 1.54) is 20.3 Å². The molecule has 2 rings (SSSR count). The Kier molecular flexibility index (Phi) is 5.65. The second-order valence-corrected chi connectivity index (χ2v) is 5.39. The summed E-state index contributed by atoms with van der Waals surface area (Å²) < 4.78 is 10.3. The van der Waals surface area contributed by atoms with E-state index in [0.29, 0.717) is 17.1 Å². The molecule has 2 aromatic rings. The van der Waals surface area contributed by atoms with E-state index in [4.69, 9.17) is 9.47 Å².